The molecule has 0 saturated carbocycles. The van der Waals surface area contributed by atoms with Gasteiger partial charge in [-0.2, -0.15) is 0 Å². The third kappa shape index (κ3) is 2.42. The summed E-state index contributed by atoms with van der Waals surface area (Å²) in [6.45, 7) is 4.80. The van der Waals surface area contributed by atoms with E-state index in [0.717, 1.165) is 45.6 Å². The van der Waals surface area contributed by atoms with Crippen LogP contribution in [0.15, 0.2) is 17.5 Å². The molecule has 0 bridgehead atoms. The number of carbonyl (C=O) groups is 1. The van der Waals surface area contributed by atoms with Crippen molar-refractivity contribution in [3.63, 3.8) is 0 Å². The monoisotopic (exact) mass is 279 g/mol. The van der Waals surface area contributed by atoms with E-state index in [-0.39, 0.29) is 11.4 Å². The average Bonchev–Trinajstić information content (AvgIpc) is 2.91. The van der Waals surface area contributed by atoms with Gasteiger partial charge in [0.25, 0.3) is 0 Å². The molecule has 4 nitrogen and oxygen atoms in total. The van der Waals surface area contributed by atoms with E-state index in [4.69, 9.17) is 0 Å². The Morgan fingerprint density at radius 2 is 2.16 bits per heavy atom. The number of likely N-dealkylation sites (N-methyl/N-ethyl adjacent to an activating group) is 1. The Labute approximate surface area is 118 Å². The zero-order chi connectivity index (χ0) is 13.3. The number of rotatable bonds is 2. The molecular weight excluding hydrogens is 258 g/mol. The normalized spacial score (nSPS) is 24.6. The lowest BCUT2D eigenvalue weighted by Gasteiger charge is -2.48. The lowest BCUT2D eigenvalue weighted by atomic mass is 9.83. The molecule has 0 unspecified atom stereocenters. The van der Waals surface area contributed by atoms with Gasteiger partial charge < -0.3 is 5.32 Å². The van der Waals surface area contributed by atoms with Gasteiger partial charge in [-0.05, 0) is 31.3 Å². The van der Waals surface area contributed by atoms with E-state index < -0.39 is 0 Å². The molecule has 1 amide bonds. The molecule has 0 aliphatic carbocycles. The number of piperazine rings is 1. The molecule has 0 radical (unpaired) electrons. The van der Waals surface area contributed by atoms with Crippen LogP contribution >= 0.6 is 11.3 Å². The smallest absolute Gasteiger partial charge is 0.240 e. The zero-order valence-electron chi connectivity index (χ0n) is 11.4. The highest BCUT2D eigenvalue weighted by Gasteiger charge is 2.46. The summed E-state index contributed by atoms with van der Waals surface area (Å²) in [4.78, 5) is 18.4. The number of hydrogen-bond donors (Lipinski definition) is 1. The molecule has 2 aliphatic rings. The van der Waals surface area contributed by atoms with Gasteiger partial charge >= 0.3 is 0 Å². The highest BCUT2D eigenvalue weighted by atomic mass is 32.1. The maximum Gasteiger partial charge on any atom is 0.240 e. The van der Waals surface area contributed by atoms with E-state index in [1.807, 2.05) is 11.3 Å². The first-order valence-electron chi connectivity index (χ1n) is 6.95. The number of amides is 1. The number of nitrogens with one attached hydrogen (secondary N) is 1. The minimum Gasteiger partial charge on any atom is -0.353 e. The van der Waals surface area contributed by atoms with Crippen LogP contribution in [-0.2, 0) is 11.3 Å². The van der Waals surface area contributed by atoms with Crippen LogP contribution in [0.5, 0.6) is 0 Å². The van der Waals surface area contributed by atoms with Crippen LogP contribution in [0.3, 0.4) is 0 Å². The van der Waals surface area contributed by atoms with Gasteiger partial charge in [0.05, 0.1) is 0 Å². The van der Waals surface area contributed by atoms with Crippen molar-refractivity contribution in [2.24, 2.45) is 0 Å². The summed E-state index contributed by atoms with van der Waals surface area (Å²) in [6.07, 6.45) is 1.89. The number of hydrogen-bond acceptors (Lipinski definition) is 4. The largest absolute Gasteiger partial charge is 0.353 e. The van der Waals surface area contributed by atoms with Crippen LogP contribution in [0.1, 0.15) is 17.7 Å². The summed E-state index contributed by atoms with van der Waals surface area (Å²) in [5.74, 6) is 0.233. The van der Waals surface area contributed by atoms with Gasteiger partial charge in [-0.1, -0.05) is 6.07 Å². The molecule has 3 heterocycles. The summed E-state index contributed by atoms with van der Waals surface area (Å²) < 4.78 is 0. The second-order valence-electron chi connectivity index (χ2n) is 5.56. The van der Waals surface area contributed by atoms with E-state index in [1.165, 1.54) is 4.88 Å². The first-order chi connectivity index (χ1) is 9.21. The Morgan fingerprint density at radius 3 is 2.79 bits per heavy atom. The SMILES string of the molecule is CN1CCNC(=O)C12CCN(Cc1cccs1)CC2. The molecule has 3 rings (SSSR count). The molecule has 19 heavy (non-hydrogen) atoms. The molecule has 1 spiro atoms. The maximum atomic E-state index is 12.2. The molecule has 0 aromatic carbocycles. The fourth-order valence-corrected chi connectivity index (χ4v) is 3.95. The van der Waals surface area contributed by atoms with Crippen molar-refractivity contribution >= 4 is 17.2 Å². The second-order valence-corrected chi connectivity index (χ2v) is 6.60. The Hall–Kier alpha value is -0.910. The standard InChI is InChI=1S/C14H21N3OS/c1-16-9-6-15-13(18)14(16)4-7-17(8-5-14)11-12-3-2-10-19-12/h2-3,10H,4-9,11H2,1H3,(H,15,18). The highest BCUT2D eigenvalue weighted by molar-refractivity contribution is 7.09. The molecule has 2 aliphatic heterocycles. The maximum absolute atomic E-state index is 12.2. The van der Waals surface area contributed by atoms with Crippen LogP contribution in [0.25, 0.3) is 0 Å². The number of likely N-dealkylation sites (tertiary alicyclic amines) is 1. The predicted molar refractivity (Wildman–Crippen MR) is 77.2 cm³/mol. The number of nitrogens with zero attached hydrogens (tertiary/aromatic N) is 2. The van der Waals surface area contributed by atoms with Crippen molar-refractivity contribution in [2.75, 3.05) is 33.2 Å². The Bertz CT molecular complexity index is 438. The summed E-state index contributed by atoms with van der Waals surface area (Å²) >= 11 is 1.81. The van der Waals surface area contributed by atoms with Crippen molar-refractivity contribution in [3.05, 3.63) is 22.4 Å². The topological polar surface area (TPSA) is 35.6 Å². The minimum atomic E-state index is -0.246. The van der Waals surface area contributed by atoms with Crippen LogP contribution in [-0.4, -0.2) is 54.5 Å². The summed E-state index contributed by atoms with van der Waals surface area (Å²) in [7, 11) is 2.09. The molecule has 104 valence electrons. The zero-order valence-corrected chi connectivity index (χ0v) is 12.2. The van der Waals surface area contributed by atoms with Crippen LogP contribution in [0, 0.1) is 0 Å². The van der Waals surface area contributed by atoms with E-state index in [9.17, 15) is 4.79 Å². The predicted octanol–water partition coefficient (Wildman–Crippen LogP) is 1.14. The number of thiophene rings is 1. The van der Waals surface area contributed by atoms with Gasteiger partial charge in [0.15, 0.2) is 0 Å². The van der Waals surface area contributed by atoms with Crippen molar-refractivity contribution in [3.8, 4) is 0 Å². The molecule has 5 heteroatoms. The van der Waals surface area contributed by atoms with Gasteiger partial charge in [0.2, 0.25) is 5.91 Å². The summed E-state index contributed by atoms with van der Waals surface area (Å²) in [5.41, 5.74) is -0.246. The third-order valence-electron chi connectivity index (χ3n) is 4.53. The second kappa shape index (κ2) is 5.23. The fourth-order valence-electron chi connectivity index (χ4n) is 3.20. The summed E-state index contributed by atoms with van der Waals surface area (Å²) in [6, 6.07) is 4.29. The average molecular weight is 279 g/mol. The van der Waals surface area contributed by atoms with Gasteiger partial charge in [-0.15, -0.1) is 11.3 Å². The lowest BCUT2D eigenvalue weighted by Crippen LogP contribution is -2.66. The highest BCUT2D eigenvalue weighted by Crippen LogP contribution is 2.30. The summed E-state index contributed by atoms with van der Waals surface area (Å²) in [5, 5.41) is 5.16. The molecule has 1 aromatic heterocycles. The Morgan fingerprint density at radius 1 is 1.37 bits per heavy atom. The molecule has 1 aromatic rings. The Kier molecular flexibility index (Phi) is 3.60. The van der Waals surface area contributed by atoms with E-state index in [1.54, 1.807) is 0 Å². The third-order valence-corrected chi connectivity index (χ3v) is 5.39. The first-order valence-corrected chi connectivity index (χ1v) is 7.83. The van der Waals surface area contributed by atoms with Crippen molar-refractivity contribution < 1.29 is 4.79 Å². The van der Waals surface area contributed by atoms with E-state index in [2.05, 4.69) is 39.7 Å². The van der Waals surface area contributed by atoms with Crippen molar-refractivity contribution in [1.82, 2.24) is 15.1 Å². The van der Waals surface area contributed by atoms with E-state index >= 15 is 0 Å². The molecule has 1 N–H and O–H groups in total. The molecule has 2 saturated heterocycles. The van der Waals surface area contributed by atoms with Crippen molar-refractivity contribution in [1.29, 1.82) is 0 Å². The van der Waals surface area contributed by atoms with Crippen LogP contribution in [0.4, 0.5) is 0 Å². The lowest BCUT2D eigenvalue weighted by molar-refractivity contribution is -0.140. The van der Waals surface area contributed by atoms with Gasteiger partial charge in [0.1, 0.15) is 5.54 Å². The van der Waals surface area contributed by atoms with Crippen LogP contribution in [0.2, 0.25) is 0 Å². The number of carbonyl (C=O) groups excluding carboxylic acids is 1. The van der Waals surface area contributed by atoms with Crippen LogP contribution < -0.4 is 5.32 Å². The van der Waals surface area contributed by atoms with Gasteiger partial charge in [-0.25, -0.2) is 0 Å². The fraction of sp³-hybridized carbons (Fsp3) is 0.643. The molecular formula is C14H21N3OS. The number of piperidine rings is 1. The first kappa shape index (κ1) is 13.1. The van der Waals surface area contributed by atoms with E-state index in [0.29, 0.717) is 0 Å². The molecule has 0 atom stereocenters. The van der Waals surface area contributed by atoms with Gasteiger partial charge in [-0.3, -0.25) is 14.6 Å². The Balaban J connectivity index is 1.63. The molecule has 2 fully saturated rings. The minimum absolute atomic E-state index is 0.233. The quantitative estimate of drug-likeness (QED) is 0.882. The van der Waals surface area contributed by atoms with Crippen molar-refractivity contribution in [2.45, 2.75) is 24.9 Å². The van der Waals surface area contributed by atoms with Gasteiger partial charge in [0, 0.05) is 37.6 Å².